The number of allylic oxidation sites excluding steroid dienone is 17. The molecule has 0 spiro atoms. The third-order valence-corrected chi connectivity index (χ3v) is 3.98. The molecule has 2 N–H and O–H groups in total. The standard InChI is InChI=1S/C30H32N4O2/c1-8-24(18-19-26(10-3)32-34-28(12-5)21-23-30(36)14-7)16-15-17-25(9-2)31-33-27(11-4)20-22-29(35)13-6/h8-23,31-32H,1-7H2/b16-15+,22-20?,23-21?,24-18+,25-17+,26-19+,33-27?,34-28?. The summed E-state index contributed by atoms with van der Waals surface area (Å²) in [7, 11) is 0. The summed E-state index contributed by atoms with van der Waals surface area (Å²) in [6.07, 6.45) is 25.0. The molecule has 0 aliphatic heterocycles. The molecule has 0 aromatic heterocycles. The highest BCUT2D eigenvalue weighted by Crippen LogP contribution is 2.03. The van der Waals surface area contributed by atoms with Crippen LogP contribution in [0.25, 0.3) is 0 Å². The molecule has 0 atom stereocenters. The van der Waals surface area contributed by atoms with Crippen LogP contribution in [-0.2, 0) is 9.59 Å². The molecule has 0 aliphatic rings. The third kappa shape index (κ3) is 14.1. The summed E-state index contributed by atoms with van der Waals surface area (Å²) in [5.74, 6) is -0.465. The van der Waals surface area contributed by atoms with Gasteiger partial charge in [0.25, 0.3) is 0 Å². The fraction of sp³-hybridized carbons (Fsp3) is 0. The van der Waals surface area contributed by atoms with Crippen molar-refractivity contribution in [3.8, 4) is 0 Å². The first-order valence-electron chi connectivity index (χ1n) is 10.7. The molecule has 0 saturated heterocycles. The van der Waals surface area contributed by atoms with Gasteiger partial charge in [-0.25, -0.2) is 0 Å². The van der Waals surface area contributed by atoms with Crippen molar-refractivity contribution < 1.29 is 9.59 Å². The number of hydrazone groups is 2. The van der Waals surface area contributed by atoms with Crippen LogP contribution in [0.3, 0.4) is 0 Å². The lowest BCUT2D eigenvalue weighted by molar-refractivity contribution is -0.111. The molecule has 6 nitrogen and oxygen atoms in total. The Balaban J connectivity index is 5.49. The van der Waals surface area contributed by atoms with E-state index in [1.54, 1.807) is 36.5 Å². The lowest BCUT2D eigenvalue weighted by atomic mass is 10.2. The number of ketones is 2. The first kappa shape index (κ1) is 30.9. The van der Waals surface area contributed by atoms with Crippen LogP contribution in [0.4, 0.5) is 0 Å². The van der Waals surface area contributed by atoms with E-state index in [9.17, 15) is 9.59 Å². The van der Waals surface area contributed by atoms with Crippen molar-refractivity contribution in [2.24, 2.45) is 10.2 Å². The number of nitrogens with one attached hydrogen (secondary N) is 2. The average molecular weight is 481 g/mol. The molecule has 0 bridgehead atoms. The average Bonchev–Trinajstić information content (AvgIpc) is 2.91. The second-order valence-corrected chi connectivity index (χ2v) is 6.47. The smallest absolute Gasteiger partial charge is 0.178 e. The molecule has 184 valence electrons. The van der Waals surface area contributed by atoms with Gasteiger partial charge in [-0.15, -0.1) is 0 Å². The minimum Gasteiger partial charge on any atom is -0.290 e. The predicted molar refractivity (Wildman–Crippen MR) is 154 cm³/mol. The summed E-state index contributed by atoms with van der Waals surface area (Å²) in [5, 5.41) is 8.34. The minimum absolute atomic E-state index is 0.232. The number of carbonyl (C=O) groups excluding carboxylic acids is 2. The monoisotopic (exact) mass is 480 g/mol. The van der Waals surface area contributed by atoms with Crippen LogP contribution >= 0.6 is 0 Å². The van der Waals surface area contributed by atoms with Gasteiger partial charge in [0.2, 0.25) is 0 Å². The van der Waals surface area contributed by atoms with E-state index in [2.05, 4.69) is 67.1 Å². The van der Waals surface area contributed by atoms with Gasteiger partial charge < -0.3 is 0 Å². The van der Waals surface area contributed by atoms with Crippen LogP contribution in [0.15, 0.2) is 170 Å². The van der Waals surface area contributed by atoms with E-state index in [4.69, 9.17) is 0 Å². The molecule has 6 heteroatoms. The molecule has 0 aromatic rings. The first-order chi connectivity index (χ1) is 17.4. The van der Waals surface area contributed by atoms with Crippen LogP contribution < -0.4 is 10.9 Å². The molecule has 0 fully saturated rings. The van der Waals surface area contributed by atoms with Crippen LogP contribution in [0.2, 0.25) is 0 Å². The maximum absolute atomic E-state index is 11.3. The van der Waals surface area contributed by atoms with E-state index in [1.165, 1.54) is 48.6 Å². The zero-order valence-electron chi connectivity index (χ0n) is 20.4. The Kier molecular flexibility index (Phi) is 16.6. The highest BCUT2D eigenvalue weighted by molar-refractivity contribution is 6.10. The van der Waals surface area contributed by atoms with Gasteiger partial charge in [0.05, 0.1) is 22.8 Å². The van der Waals surface area contributed by atoms with E-state index in [0.717, 1.165) is 5.57 Å². The number of rotatable bonds is 18. The lowest BCUT2D eigenvalue weighted by Crippen LogP contribution is -2.06. The van der Waals surface area contributed by atoms with Gasteiger partial charge in [0, 0.05) is 0 Å². The highest BCUT2D eigenvalue weighted by atomic mass is 16.1. The number of hydrogen-bond donors (Lipinski definition) is 2. The Morgan fingerprint density at radius 2 is 0.972 bits per heavy atom. The van der Waals surface area contributed by atoms with E-state index >= 15 is 0 Å². The van der Waals surface area contributed by atoms with Crippen molar-refractivity contribution >= 4 is 23.0 Å². The summed E-state index contributed by atoms with van der Waals surface area (Å²) in [5.41, 5.74) is 8.68. The number of hydrogen-bond acceptors (Lipinski definition) is 6. The van der Waals surface area contributed by atoms with E-state index < -0.39 is 0 Å². The van der Waals surface area contributed by atoms with Crippen molar-refractivity contribution in [3.63, 3.8) is 0 Å². The summed E-state index contributed by atoms with van der Waals surface area (Å²) in [6, 6.07) is 0. The molecule has 0 unspecified atom stereocenters. The van der Waals surface area contributed by atoms with Crippen LogP contribution in [0.5, 0.6) is 0 Å². The van der Waals surface area contributed by atoms with Gasteiger partial charge in [-0.3, -0.25) is 20.4 Å². The Labute approximate surface area is 214 Å². The van der Waals surface area contributed by atoms with Crippen LogP contribution in [0.1, 0.15) is 0 Å². The Bertz CT molecular complexity index is 1130. The fourth-order valence-corrected chi connectivity index (χ4v) is 1.97. The van der Waals surface area contributed by atoms with Gasteiger partial charge in [-0.05, 0) is 78.5 Å². The van der Waals surface area contributed by atoms with Gasteiger partial charge in [0.15, 0.2) is 11.6 Å². The van der Waals surface area contributed by atoms with Crippen molar-refractivity contribution in [1.82, 2.24) is 10.9 Å². The van der Waals surface area contributed by atoms with E-state index in [0.29, 0.717) is 22.8 Å². The Hall–Kier alpha value is -5.10. The lowest BCUT2D eigenvalue weighted by Gasteiger charge is -2.02. The zero-order valence-corrected chi connectivity index (χ0v) is 20.4. The molecule has 36 heavy (non-hydrogen) atoms. The van der Waals surface area contributed by atoms with Crippen molar-refractivity contribution in [1.29, 1.82) is 0 Å². The largest absolute Gasteiger partial charge is 0.290 e. The molecule has 0 radical (unpaired) electrons. The van der Waals surface area contributed by atoms with Gasteiger partial charge in [0.1, 0.15) is 0 Å². The fourth-order valence-electron chi connectivity index (χ4n) is 1.97. The maximum Gasteiger partial charge on any atom is 0.178 e. The van der Waals surface area contributed by atoms with Gasteiger partial charge in [-0.1, -0.05) is 70.4 Å². The first-order valence-corrected chi connectivity index (χ1v) is 10.7. The molecule has 0 aliphatic carbocycles. The zero-order chi connectivity index (χ0) is 27.2. The molecular weight excluding hydrogens is 448 g/mol. The van der Waals surface area contributed by atoms with Crippen molar-refractivity contribution in [2.75, 3.05) is 0 Å². The third-order valence-electron chi connectivity index (χ3n) is 3.98. The maximum atomic E-state index is 11.3. The van der Waals surface area contributed by atoms with Crippen molar-refractivity contribution in [3.05, 3.63) is 160 Å². The molecule has 0 heterocycles. The normalized spacial score (nSPS) is 13.4. The number of nitrogens with zero attached hydrogens (tertiary/aromatic N) is 2. The van der Waals surface area contributed by atoms with Gasteiger partial charge in [-0.2, -0.15) is 10.2 Å². The molecular formula is C30H32N4O2. The van der Waals surface area contributed by atoms with E-state index in [1.807, 2.05) is 12.2 Å². The molecule has 0 saturated carbocycles. The summed E-state index contributed by atoms with van der Waals surface area (Å²) in [6.45, 7) is 25.5. The molecule has 0 aromatic carbocycles. The molecule has 0 amide bonds. The summed E-state index contributed by atoms with van der Waals surface area (Å²) in [4.78, 5) is 22.6. The summed E-state index contributed by atoms with van der Waals surface area (Å²) >= 11 is 0. The second-order valence-electron chi connectivity index (χ2n) is 6.47. The van der Waals surface area contributed by atoms with E-state index in [-0.39, 0.29) is 11.6 Å². The van der Waals surface area contributed by atoms with Crippen LogP contribution in [-0.4, -0.2) is 23.0 Å². The van der Waals surface area contributed by atoms with Crippen molar-refractivity contribution in [2.45, 2.75) is 0 Å². The Morgan fingerprint density at radius 3 is 1.36 bits per heavy atom. The van der Waals surface area contributed by atoms with Crippen LogP contribution in [0, 0.1) is 0 Å². The quantitative estimate of drug-likeness (QED) is 0.114. The predicted octanol–water partition coefficient (Wildman–Crippen LogP) is 5.68. The molecule has 0 rings (SSSR count). The highest BCUT2D eigenvalue weighted by Gasteiger charge is 1.94. The topological polar surface area (TPSA) is 82.9 Å². The SMILES string of the molecule is C=CC(=O)C=CC(C=C)=NN/C(C=C)=C/C=C/C(C=C)=C/C=C(\C=C)NN=C(C=C)C=CC(=O)C=C. The van der Waals surface area contributed by atoms with Gasteiger partial charge >= 0.3 is 0 Å². The summed E-state index contributed by atoms with van der Waals surface area (Å²) < 4.78 is 0. The minimum atomic E-state index is -0.233. The number of carbonyl (C=O) groups is 2. The Morgan fingerprint density at radius 1 is 0.500 bits per heavy atom. The second kappa shape index (κ2) is 19.4.